The Hall–Kier alpha value is -1.87. The molecule has 2 rings (SSSR count). The van der Waals surface area contributed by atoms with Gasteiger partial charge in [-0.3, -0.25) is 0 Å². The third-order valence-corrected chi connectivity index (χ3v) is 4.26. The van der Waals surface area contributed by atoms with E-state index >= 15 is 0 Å². The molecule has 0 saturated heterocycles. The summed E-state index contributed by atoms with van der Waals surface area (Å²) in [7, 11) is -3.55. The average molecular weight is 298 g/mol. The van der Waals surface area contributed by atoms with Crippen LogP contribution in [0.15, 0.2) is 48.5 Å². The maximum absolute atomic E-state index is 13.5. The van der Waals surface area contributed by atoms with Crippen molar-refractivity contribution in [3.05, 3.63) is 60.2 Å². The van der Waals surface area contributed by atoms with E-state index < -0.39 is 19.2 Å². The highest BCUT2D eigenvalue weighted by molar-refractivity contribution is 7.54. The van der Waals surface area contributed by atoms with Gasteiger partial charge in [0, 0.05) is 0 Å². The van der Waals surface area contributed by atoms with Crippen LogP contribution < -0.4 is 9.05 Å². The van der Waals surface area contributed by atoms with Crippen molar-refractivity contribution in [1.82, 2.24) is 0 Å². The molecule has 2 aromatic rings. The standard InChI is InChI=1S/C14H13F2O3P/c1-2-20(17,18-12-9-7-11(15)8-10-12)19-14-6-4-3-5-13(14)16/h3-10H,2H2,1H3. The minimum atomic E-state index is -3.55. The number of hydrogen-bond acceptors (Lipinski definition) is 3. The molecule has 1 atom stereocenters. The second kappa shape index (κ2) is 6.06. The van der Waals surface area contributed by atoms with Crippen LogP contribution in [0.1, 0.15) is 6.92 Å². The quantitative estimate of drug-likeness (QED) is 0.755. The molecular formula is C14H13F2O3P. The van der Waals surface area contributed by atoms with E-state index in [2.05, 4.69) is 0 Å². The topological polar surface area (TPSA) is 35.5 Å². The average Bonchev–Trinajstić information content (AvgIpc) is 2.44. The van der Waals surface area contributed by atoms with E-state index in [9.17, 15) is 13.3 Å². The van der Waals surface area contributed by atoms with Crippen LogP contribution >= 0.6 is 7.60 Å². The van der Waals surface area contributed by atoms with Crippen LogP contribution in [0.5, 0.6) is 11.5 Å². The summed E-state index contributed by atoms with van der Waals surface area (Å²) in [6.07, 6.45) is 0.0543. The van der Waals surface area contributed by atoms with Crippen LogP contribution in [-0.2, 0) is 4.57 Å². The van der Waals surface area contributed by atoms with E-state index in [1.807, 2.05) is 0 Å². The Morgan fingerprint density at radius 1 is 1.00 bits per heavy atom. The Kier molecular flexibility index (Phi) is 4.40. The number of para-hydroxylation sites is 1. The molecule has 0 spiro atoms. The molecular weight excluding hydrogens is 285 g/mol. The Bertz CT molecular complexity index is 629. The third-order valence-electron chi connectivity index (χ3n) is 2.52. The molecule has 0 N–H and O–H groups in total. The third kappa shape index (κ3) is 3.58. The maximum atomic E-state index is 13.5. The zero-order valence-electron chi connectivity index (χ0n) is 10.8. The van der Waals surface area contributed by atoms with Crippen molar-refractivity contribution in [2.45, 2.75) is 6.92 Å². The monoisotopic (exact) mass is 298 g/mol. The van der Waals surface area contributed by atoms with Gasteiger partial charge in [-0.15, -0.1) is 0 Å². The molecule has 20 heavy (non-hydrogen) atoms. The van der Waals surface area contributed by atoms with Crippen LogP contribution in [0, 0.1) is 11.6 Å². The molecule has 0 fully saturated rings. The van der Waals surface area contributed by atoms with E-state index in [-0.39, 0.29) is 17.7 Å². The van der Waals surface area contributed by atoms with E-state index in [1.165, 1.54) is 42.5 Å². The van der Waals surface area contributed by atoms with Crippen molar-refractivity contribution < 1.29 is 22.4 Å². The second-order valence-corrected chi connectivity index (χ2v) is 6.21. The van der Waals surface area contributed by atoms with Crippen molar-refractivity contribution in [3.63, 3.8) is 0 Å². The summed E-state index contributed by atoms with van der Waals surface area (Å²) in [4.78, 5) is 0. The highest BCUT2D eigenvalue weighted by atomic mass is 31.2. The number of halogens is 2. The largest absolute Gasteiger partial charge is 0.430 e. The van der Waals surface area contributed by atoms with Gasteiger partial charge in [0.05, 0.1) is 6.16 Å². The van der Waals surface area contributed by atoms with E-state index in [1.54, 1.807) is 13.0 Å². The zero-order valence-corrected chi connectivity index (χ0v) is 11.6. The normalized spacial score (nSPS) is 13.6. The minimum Gasteiger partial charge on any atom is -0.416 e. The van der Waals surface area contributed by atoms with Crippen LogP contribution in [0.2, 0.25) is 0 Å². The first-order valence-electron chi connectivity index (χ1n) is 6.01. The SMILES string of the molecule is CCP(=O)(Oc1ccc(F)cc1)Oc1ccccc1F. The molecule has 2 aromatic carbocycles. The molecule has 0 aromatic heterocycles. The summed E-state index contributed by atoms with van der Waals surface area (Å²) < 4.78 is 49.2. The minimum absolute atomic E-state index is 0.0543. The fourth-order valence-electron chi connectivity index (χ4n) is 1.47. The van der Waals surface area contributed by atoms with Gasteiger partial charge in [0.1, 0.15) is 11.6 Å². The molecule has 0 bridgehead atoms. The Morgan fingerprint density at radius 2 is 1.65 bits per heavy atom. The highest BCUT2D eigenvalue weighted by Gasteiger charge is 2.26. The molecule has 0 aliphatic heterocycles. The molecule has 1 unspecified atom stereocenters. The summed E-state index contributed by atoms with van der Waals surface area (Å²) in [6, 6.07) is 10.7. The lowest BCUT2D eigenvalue weighted by atomic mass is 10.3. The predicted octanol–water partition coefficient (Wildman–Crippen LogP) is 4.64. The van der Waals surface area contributed by atoms with Gasteiger partial charge in [0.25, 0.3) is 0 Å². The molecule has 0 radical (unpaired) electrons. The highest BCUT2D eigenvalue weighted by Crippen LogP contribution is 2.48. The van der Waals surface area contributed by atoms with Crippen LogP contribution in [0.3, 0.4) is 0 Å². The maximum Gasteiger partial charge on any atom is 0.430 e. The number of hydrogen-bond donors (Lipinski definition) is 0. The lowest BCUT2D eigenvalue weighted by Gasteiger charge is -2.18. The van der Waals surface area contributed by atoms with Gasteiger partial charge in [0.15, 0.2) is 11.6 Å². The lowest BCUT2D eigenvalue weighted by molar-refractivity contribution is 0.377. The van der Waals surface area contributed by atoms with Gasteiger partial charge >= 0.3 is 7.60 Å². The van der Waals surface area contributed by atoms with Gasteiger partial charge in [-0.25, -0.2) is 13.3 Å². The van der Waals surface area contributed by atoms with E-state index in [0.717, 1.165) is 0 Å². The fourth-order valence-corrected chi connectivity index (χ4v) is 2.66. The van der Waals surface area contributed by atoms with Gasteiger partial charge in [0.2, 0.25) is 0 Å². The van der Waals surface area contributed by atoms with Crippen molar-refractivity contribution in [2.75, 3.05) is 6.16 Å². The van der Waals surface area contributed by atoms with Crippen LogP contribution in [-0.4, -0.2) is 6.16 Å². The molecule has 0 aliphatic rings. The first-order chi connectivity index (χ1) is 9.52. The van der Waals surface area contributed by atoms with Crippen LogP contribution in [0.25, 0.3) is 0 Å². The van der Waals surface area contributed by atoms with Crippen LogP contribution in [0.4, 0.5) is 8.78 Å². The first-order valence-corrected chi connectivity index (χ1v) is 7.73. The zero-order chi connectivity index (χ0) is 14.6. The summed E-state index contributed by atoms with van der Waals surface area (Å²) in [5.74, 6) is -0.990. The summed E-state index contributed by atoms with van der Waals surface area (Å²) >= 11 is 0. The predicted molar refractivity (Wildman–Crippen MR) is 72.2 cm³/mol. The molecule has 106 valence electrons. The summed E-state index contributed by atoms with van der Waals surface area (Å²) in [5.41, 5.74) is 0. The van der Waals surface area contributed by atoms with Crippen molar-refractivity contribution in [3.8, 4) is 11.5 Å². The fraction of sp³-hybridized carbons (Fsp3) is 0.143. The number of rotatable bonds is 5. The smallest absolute Gasteiger partial charge is 0.416 e. The Labute approximate surface area is 115 Å². The van der Waals surface area contributed by atoms with Crippen molar-refractivity contribution in [1.29, 1.82) is 0 Å². The van der Waals surface area contributed by atoms with E-state index in [4.69, 9.17) is 9.05 Å². The van der Waals surface area contributed by atoms with Gasteiger partial charge in [-0.1, -0.05) is 19.1 Å². The molecule has 6 heteroatoms. The molecule has 3 nitrogen and oxygen atoms in total. The molecule has 0 aliphatic carbocycles. The Balaban J connectivity index is 2.19. The van der Waals surface area contributed by atoms with Crippen molar-refractivity contribution in [2.24, 2.45) is 0 Å². The summed E-state index contributed by atoms with van der Waals surface area (Å²) in [6.45, 7) is 1.60. The molecule has 0 heterocycles. The molecule has 0 saturated carbocycles. The molecule has 0 amide bonds. The van der Waals surface area contributed by atoms with Crippen molar-refractivity contribution >= 4 is 7.60 Å². The van der Waals surface area contributed by atoms with Gasteiger partial charge < -0.3 is 9.05 Å². The summed E-state index contributed by atoms with van der Waals surface area (Å²) in [5, 5.41) is 0. The second-order valence-electron chi connectivity index (χ2n) is 3.99. The lowest BCUT2D eigenvalue weighted by Crippen LogP contribution is -2.04. The first kappa shape index (κ1) is 14.5. The van der Waals surface area contributed by atoms with E-state index in [0.29, 0.717) is 0 Å². The van der Waals surface area contributed by atoms with Gasteiger partial charge in [-0.05, 0) is 36.4 Å². The van der Waals surface area contributed by atoms with Gasteiger partial charge in [-0.2, -0.15) is 0 Å². The Morgan fingerprint density at radius 3 is 2.25 bits per heavy atom. The number of benzene rings is 2.